The second-order valence-electron chi connectivity index (χ2n) is 11.7. The molecular weight excluding hydrogens is 480 g/mol. The molecule has 3 aliphatic carbocycles. The van der Waals surface area contributed by atoms with Crippen LogP contribution in [-0.4, -0.2) is 69.6 Å². The van der Waals surface area contributed by atoms with Crippen molar-refractivity contribution in [2.75, 3.05) is 20.1 Å². The van der Waals surface area contributed by atoms with Crippen molar-refractivity contribution in [3.05, 3.63) is 63.3 Å². The van der Waals surface area contributed by atoms with Crippen LogP contribution in [0.1, 0.15) is 53.6 Å². The number of carbonyl (C=O) groups is 1. The quantitative estimate of drug-likeness (QED) is 0.482. The Morgan fingerprint density at radius 3 is 2.67 bits per heavy atom. The van der Waals surface area contributed by atoms with Crippen LogP contribution in [-0.2, 0) is 11.8 Å². The van der Waals surface area contributed by atoms with Crippen LogP contribution in [0.15, 0.2) is 36.4 Å². The van der Waals surface area contributed by atoms with Gasteiger partial charge in [0.2, 0.25) is 0 Å². The first-order valence-corrected chi connectivity index (χ1v) is 13.4. The first-order chi connectivity index (χ1) is 17.2. The molecule has 5 aliphatic rings. The van der Waals surface area contributed by atoms with Gasteiger partial charge in [0.05, 0.1) is 24.5 Å². The van der Waals surface area contributed by atoms with E-state index in [9.17, 15) is 20.2 Å². The van der Waals surface area contributed by atoms with Crippen molar-refractivity contribution in [2.24, 2.45) is 5.92 Å². The maximum absolute atomic E-state index is 14.3. The lowest BCUT2D eigenvalue weighted by molar-refractivity contribution is -0.924. The Kier molecular flexibility index (Phi) is 4.68. The average Bonchev–Trinajstić information content (AvgIpc) is 3.59. The van der Waals surface area contributed by atoms with E-state index in [1.807, 2.05) is 6.07 Å². The van der Waals surface area contributed by atoms with Gasteiger partial charge in [-0.05, 0) is 61.6 Å². The summed E-state index contributed by atoms with van der Waals surface area (Å²) in [6, 6.07) is 9.57. The van der Waals surface area contributed by atoms with Gasteiger partial charge >= 0.3 is 0 Å². The summed E-state index contributed by atoms with van der Waals surface area (Å²) in [6.07, 6.45) is 3.54. The minimum atomic E-state index is -1.25. The predicted molar refractivity (Wildman–Crippen MR) is 134 cm³/mol. The number of rotatable bonds is 4. The molecule has 1 spiro atoms. The Balaban J connectivity index is 1.33. The molecule has 0 radical (unpaired) electrons. The third kappa shape index (κ3) is 2.83. The first kappa shape index (κ1) is 22.8. The van der Waals surface area contributed by atoms with Crippen LogP contribution in [0, 0.1) is 11.1 Å². The molecule has 2 bridgehead atoms. The normalized spacial score (nSPS) is 37.7. The molecule has 2 aromatic rings. The van der Waals surface area contributed by atoms with E-state index in [4.69, 9.17) is 16.3 Å². The molecule has 1 amide bonds. The lowest BCUT2D eigenvalue weighted by atomic mass is 9.48. The Hall–Kier alpha value is -2.32. The topological polar surface area (TPSA) is 93.1 Å². The highest BCUT2D eigenvalue weighted by Crippen LogP contribution is 2.67. The van der Waals surface area contributed by atoms with Crippen LogP contribution >= 0.6 is 11.6 Å². The van der Waals surface area contributed by atoms with Gasteiger partial charge in [0.25, 0.3) is 5.91 Å². The van der Waals surface area contributed by atoms with Crippen molar-refractivity contribution in [1.82, 2.24) is 4.90 Å². The lowest BCUT2D eigenvalue weighted by Gasteiger charge is -2.68. The highest BCUT2D eigenvalue weighted by atomic mass is 35.5. The summed E-state index contributed by atoms with van der Waals surface area (Å²) in [5.74, 6) is 0.775. The number of quaternary nitrogens is 1. The van der Waals surface area contributed by atoms with Crippen molar-refractivity contribution in [3.8, 4) is 11.5 Å². The molecule has 36 heavy (non-hydrogen) atoms. The number of phenolic OH excluding ortho intramolecular Hbond substituents is 1. The summed E-state index contributed by atoms with van der Waals surface area (Å²) in [7, 11) is 1.78. The summed E-state index contributed by atoms with van der Waals surface area (Å²) in [6.45, 7) is 0.979. The molecule has 2 unspecified atom stereocenters. The number of benzene rings is 2. The van der Waals surface area contributed by atoms with E-state index in [0.29, 0.717) is 61.0 Å². The summed E-state index contributed by atoms with van der Waals surface area (Å²) >= 11 is 6.03. The Morgan fingerprint density at radius 1 is 1.19 bits per heavy atom. The zero-order valence-electron chi connectivity index (χ0n) is 20.3. The monoisotopic (exact) mass is 510 g/mol. The van der Waals surface area contributed by atoms with E-state index in [2.05, 4.69) is 0 Å². The summed E-state index contributed by atoms with van der Waals surface area (Å²) in [5, 5.41) is 38.2. The van der Waals surface area contributed by atoms with Crippen molar-refractivity contribution in [1.29, 1.82) is 0 Å². The molecule has 3 fully saturated rings. The van der Waals surface area contributed by atoms with Crippen LogP contribution in [0.2, 0.25) is 5.02 Å². The Bertz CT molecular complexity index is 1270. The number of likely N-dealkylation sites (tertiary alicyclic amines) is 1. The van der Waals surface area contributed by atoms with Crippen molar-refractivity contribution in [2.45, 2.75) is 67.7 Å². The first-order valence-electron chi connectivity index (χ1n) is 13.0. The SMILES string of the molecule is CN(C(=O)c1ccc(Cl)cc1)[C@H]1CC[C@@]2(O)[C@H]3Cc4ccc(O)c5c4C2(CC[N+]3([O-])CC2CC2)[C@H]1O5. The fourth-order valence-corrected chi connectivity index (χ4v) is 8.20. The summed E-state index contributed by atoms with van der Waals surface area (Å²) < 4.78 is 6.19. The van der Waals surface area contributed by atoms with E-state index < -0.39 is 23.2 Å². The van der Waals surface area contributed by atoms with Gasteiger partial charge in [0.1, 0.15) is 17.7 Å². The zero-order valence-corrected chi connectivity index (χ0v) is 21.1. The van der Waals surface area contributed by atoms with E-state index >= 15 is 0 Å². The van der Waals surface area contributed by atoms with Gasteiger partial charge in [-0.15, -0.1) is 0 Å². The molecule has 8 heteroatoms. The largest absolute Gasteiger partial charge is 0.632 e. The number of aliphatic hydroxyl groups is 1. The highest BCUT2D eigenvalue weighted by molar-refractivity contribution is 6.30. The van der Waals surface area contributed by atoms with Crippen molar-refractivity contribution >= 4 is 17.5 Å². The molecule has 2 aromatic carbocycles. The van der Waals surface area contributed by atoms with E-state index in [1.54, 1.807) is 42.3 Å². The summed E-state index contributed by atoms with van der Waals surface area (Å²) in [4.78, 5) is 15.2. The van der Waals surface area contributed by atoms with Crippen LogP contribution in [0.3, 0.4) is 0 Å². The lowest BCUT2D eigenvalue weighted by Crippen LogP contribution is -2.81. The molecule has 0 aromatic heterocycles. The van der Waals surface area contributed by atoms with Gasteiger partial charge < -0.3 is 29.7 Å². The number of piperidine rings is 1. The molecule has 2 aliphatic heterocycles. The second kappa shape index (κ2) is 7.38. The van der Waals surface area contributed by atoms with Crippen LogP contribution in [0.25, 0.3) is 0 Å². The summed E-state index contributed by atoms with van der Waals surface area (Å²) in [5.41, 5.74) is 0.303. The van der Waals surface area contributed by atoms with Crippen LogP contribution < -0.4 is 4.74 Å². The smallest absolute Gasteiger partial charge is 0.253 e. The number of hydrogen-bond acceptors (Lipinski definition) is 5. The molecule has 2 saturated carbocycles. The number of ether oxygens (including phenoxy) is 1. The van der Waals surface area contributed by atoms with E-state index in [0.717, 1.165) is 24.0 Å². The molecule has 2 heterocycles. The second-order valence-corrected chi connectivity index (χ2v) is 12.1. The van der Waals surface area contributed by atoms with E-state index in [1.165, 1.54) is 0 Å². The molecule has 7 nitrogen and oxygen atoms in total. The van der Waals surface area contributed by atoms with Crippen LogP contribution in [0.5, 0.6) is 11.5 Å². The number of halogens is 1. The molecular formula is C28H31ClN2O5. The predicted octanol–water partition coefficient (Wildman–Crippen LogP) is 3.76. The fourth-order valence-electron chi connectivity index (χ4n) is 8.07. The molecule has 7 rings (SSSR count). The molecule has 2 N–H and O–H groups in total. The number of likely N-dealkylation sites (N-methyl/N-ethyl adjacent to an activating group) is 1. The number of nitrogens with zero attached hydrogens (tertiary/aromatic N) is 2. The van der Waals surface area contributed by atoms with Crippen LogP contribution in [0.4, 0.5) is 0 Å². The molecule has 6 atom stereocenters. The van der Waals surface area contributed by atoms with Gasteiger partial charge in [0.15, 0.2) is 11.5 Å². The van der Waals surface area contributed by atoms with Gasteiger partial charge in [-0.3, -0.25) is 4.79 Å². The molecule has 1 saturated heterocycles. The third-order valence-electron chi connectivity index (χ3n) is 9.93. The number of aromatic hydroxyl groups is 1. The third-order valence-corrected chi connectivity index (χ3v) is 10.2. The Morgan fingerprint density at radius 2 is 1.94 bits per heavy atom. The number of carbonyl (C=O) groups excluding carboxylic acids is 1. The van der Waals surface area contributed by atoms with Gasteiger partial charge in [0, 0.05) is 42.0 Å². The van der Waals surface area contributed by atoms with Gasteiger partial charge in [-0.25, -0.2) is 0 Å². The maximum Gasteiger partial charge on any atom is 0.253 e. The van der Waals surface area contributed by atoms with Crippen molar-refractivity contribution < 1.29 is 24.4 Å². The maximum atomic E-state index is 14.3. The Labute approximate surface area is 215 Å². The van der Waals surface area contributed by atoms with Crippen molar-refractivity contribution in [3.63, 3.8) is 0 Å². The number of hydrogen-bond donors (Lipinski definition) is 2. The number of hydroxylamine groups is 3. The minimum Gasteiger partial charge on any atom is -0.632 e. The van der Waals surface area contributed by atoms with Gasteiger partial charge in [-0.1, -0.05) is 17.7 Å². The zero-order chi connectivity index (χ0) is 25.0. The minimum absolute atomic E-state index is 0.0511. The molecule has 190 valence electrons. The van der Waals surface area contributed by atoms with E-state index in [-0.39, 0.29) is 22.3 Å². The highest BCUT2D eigenvalue weighted by Gasteiger charge is 2.76. The van der Waals surface area contributed by atoms with Gasteiger partial charge in [-0.2, -0.15) is 0 Å². The standard InChI is InChI=1S/C28H31ClN2O5/c1-30(26(33)17-4-7-19(29)8-5-17)20-10-11-28(34)22-14-18-6-9-21(32)24-23(18)27(28,25(20)36-24)12-13-31(22,35)15-16-2-3-16/h4-9,16,20,22,25,32,34H,2-3,10-15H2,1H3/t20-,22+,25-,27?,28+,31?/m0/s1. The number of phenols is 1. The fraction of sp³-hybridized carbons (Fsp3) is 0.536. The average molecular weight is 511 g/mol. The number of amides is 1.